The van der Waals surface area contributed by atoms with Crippen LogP contribution in [0.3, 0.4) is 0 Å². The van der Waals surface area contributed by atoms with Crippen molar-refractivity contribution in [1.82, 2.24) is 5.48 Å². The average Bonchev–Trinajstić information content (AvgIpc) is 2.08. The van der Waals surface area contributed by atoms with Crippen LogP contribution in [0.1, 0.15) is 0 Å². The van der Waals surface area contributed by atoms with Crippen LogP contribution in [-0.2, 0) is 4.84 Å². The van der Waals surface area contributed by atoms with Crippen LogP contribution in [0.15, 0.2) is 12.3 Å². The number of hydroxylamine groups is 1. The fourth-order valence-electron chi connectivity index (χ4n) is 0.446. The third-order valence-electron chi connectivity index (χ3n) is 0.887. The summed E-state index contributed by atoms with van der Waals surface area (Å²) in [5.41, 5.74) is 1.76. The molecule has 0 aromatic heterocycles. The Morgan fingerprint density at radius 2 is 2.11 bits per heavy atom. The van der Waals surface area contributed by atoms with Crippen molar-refractivity contribution >= 4 is 0 Å². The highest BCUT2D eigenvalue weighted by atomic mass is 19.4. The Kier molecular flexibility index (Phi) is 1.36. The quantitative estimate of drug-likeness (QED) is 0.539. The summed E-state index contributed by atoms with van der Waals surface area (Å²) in [5.74, 6) is 0. The van der Waals surface area contributed by atoms with Gasteiger partial charge < -0.3 is 4.84 Å². The largest absolute Gasteiger partial charge is 0.416 e. The maximum absolute atomic E-state index is 11.6. The van der Waals surface area contributed by atoms with Gasteiger partial charge in [0.1, 0.15) is 6.26 Å². The third kappa shape index (κ3) is 1.35. The van der Waals surface area contributed by atoms with E-state index >= 15 is 0 Å². The van der Waals surface area contributed by atoms with Crippen molar-refractivity contribution in [3.8, 4) is 0 Å². The molecule has 1 heterocycles. The van der Waals surface area contributed by atoms with Crippen LogP contribution in [0.4, 0.5) is 13.2 Å². The number of nitrogens with one attached hydrogen (secondary N) is 1. The Bertz CT molecular complexity index is 130. The van der Waals surface area contributed by atoms with Gasteiger partial charge in [-0.15, -0.1) is 5.48 Å². The van der Waals surface area contributed by atoms with Gasteiger partial charge in [0.2, 0.25) is 0 Å². The summed E-state index contributed by atoms with van der Waals surface area (Å²) >= 11 is 0. The zero-order valence-electron chi connectivity index (χ0n) is 4.27. The Balaban J connectivity index is 2.53. The van der Waals surface area contributed by atoms with Gasteiger partial charge in [-0.1, -0.05) is 0 Å². The summed E-state index contributed by atoms with van der Waals surface area (Å²) in [5, 5.41) is 0. The van der Waals surface area contributed by atoms with Crippen LogP contribution in [0.25, 0.3) is 0 Å². The lowest BCUT2D eigenvalue weighted by atomic mass is 10.3. The van der Waals surface area contributed by atoms with Gasteiger partial charge in [0.05, 0.1) is 0 Å². The first-order valence-corrected chi connectivity index (χ1v) is 2.25. The standard InChI is InChI=1S/C4H4F3NO/c5-4(6,7)3-1-2-9-8-3/h1-3,8H. The fraction of sp³-hybridized carbons (Fsp3) is 0.500. The lowest BCUT2D eigenvalue weighted by Gasteiger charge is -2.10. The van der Waals surface area contributed by atoms with Crippen LogP contribution in [0, 0.1) is 0 Å². The SMILES string of the molecule is FC(F)(F)C1C=CON1. The zero-order chi connectivity index (χ0) is 6.91. The van der Waals surface area contributed by atoms with Gasteiger partial charge in [-0.25, -0.2) is 0 Å². The Labute approximate surface area is 49.3 Å². The van der Waals surface area contributed by atoms with E-state index in [1.807, 2.05) is 0 Å². The Hall–Kier alpha value is -0.710. The van der Waals surface area contributed by atoms with E-state index in [1.54, 1.807) is 5.48 Å². The average molecular weight is 139 g/mol. The van der Waals surface area contributed by atoms with Crippen LogP contribution < -0.4 is 5.48 Å². The molecule has 0 spiro atoms. The normalized spacial score (nSPS) is 26.3. The van der Waals surface area contributed by atoms with E-state index in [0.29, 0.717) is 0 Å². The highest BCUT2D eigenvalue weighted by Crippen LogP contribution is 2.22. The predicted octanol–water partition coefficient (Wildman–Crippen LogP) is 0.966. The van der Waals surface area contributed by atoms with E-state index in [-0.39, 0.29) is 0 Å². The molecule has 0 aromatic rings. The summed E-state index contributed by atoms with van der Waals surface area (Å²) in [6.45, 7) is 0. The maximum atomic E-state index is 11.6. The van der Waals surface area contributed by atoms with Crippen molar-refractivity contribution in [2.45, 2.75) is 12.2 Å². The summed E-state index contributed by atoms with van der Waals surface area (Å²) < 4.78 is 34.7. The number of hydrogen-bond donors (Lipinski definition) is 1. The van der Waals surface area contributed by atoms with Crippen LogP contribution >= 0.6 is 0 Å². The molecule has 1 atom stereocenters. The second kappa shape index (κ2) is 1.91. The molecule has 1 rings (SSSR count). The number of halogens is 3. The minimum atomic E-state index is -4.24. The van der Waals surface area contributed by atoms with E-state index in [9.17, 15) is 13.2 Å². The third-order valence-corrected chi connectivity index (χ3v) is 0.887. The molecular weight excluding hydrogens is 135 g/mol. The van der Waals surface area contributed by atoms with Crippen molar-refractivity contribution in [2.75, 3.05) is 0 Å². The van der Waals surface area contributed by atoms with Gasteiger partial charge in [0, 0.05) is 0 Å². The van der Waals surface area contributed by atoms with Gasteiger partial charge in [0.15, 0.2) is 6.04 Å². The van der Waals surface area contributed by atoms with Crippen molar-refractivity contribution in [1.29, 1.82) is 0 Å². The van der Waals surface area contributed by atoms with Crippen molar-refractivity contribution in [2.24, 2.45) is 0 Å². The molecule has 1 N–H and O–H groups in total. The van der Waals surface area contributed by atoms with E-state index in [1.165, 1.54) is 0 Å². The molecule has 9 heavy (non-hydrogen) atoms. The van der Waals surface area contributed by atoms with E-state index in [0.717, 1.165) is 12.3 Å². The second-order valence-electron chi connectivity index (χ2n) is 1.58. The Morgan fingerprint density at radius 1 is 1.44 bits per heavy atom. The molecule has 5 heteroatoms. The highest BCUT2D eigenvalue weighted by molar-refractivity contribution is 4.96. The van der Waals surface area contributed by atoms with Gasteiger partial charge >= 0.3 is 6.18 Å². The molecule has 1 unspecified atom stereocenters. The summed E-state index contributed by atoms with van der Waals surface area (Å²) in [7, 11) is 0. The summed E-state index contributed by atoms with van der Waals surface area (Å²) in [6.07, 6.45) is -2.37. The molecule has 0 saturated carbocycles. The monoisotopic (exact) mass is 139 g/mol. The van der Waals surface area contributed by atoms with Gasteiger partial charge in [-0.3, -0.25) is 0 Å². The molecule has 1 aliphatic heterocycles. The van der Waals surface area contributed by atoms with Crippen LogP contribution in [0.2, 0.25) is 0 Å². The number of hydrogen-bond acceptors (Lipinski definition) is 2. The molecule has 1 aliphatic rings. The number of alkyl halides is 3. The van der Waals surface area contributed by atoms with Gasteiger partial charge in [-0.2, -0.15) is 13.2 Å². The highest BCUT2D eigenvalue weighted by Gasteiger charge is 2.40. The molecule has 0 fully saturated rings. The van der Waals surface area contributed by atoms with Crippen LogP contribution in [-0.4, -0.2) is 12.2 Å². The second-order valence-corrected chi connectivity index (χ2v) is 1.58. The topological polar surface area (TPSA) is 21.3 Å². The zero-order valence-corrected chi connectivity index (χ0v) is 4.27. The molecule has 0 amide bonds. The van der Waals surface area contributed by atoms with Gasteiger partial charge in [0.25, 0.3) is 0 Å². The first-order chi connectivity index (χ1) is 4.11. The summed E-state index contributed by atoms with van der Waals surface area (Å²) in [6, 6.07) is -1.64. The van der Waals surface area contributed by atoms with E-state index in [4.69, 9.17) is 0 Å². The first kappa shape index (κ1) is 6.41. The van der Waals surface area contributed by atoms with Crippen molar-refractivity contribution in [3.63, 3.8) is 0 Å². The molecule has 0 radical (unpaired) electrons. The molecule has 0 saturated heterocycles. The molecule has 52 valence electrons. The molecule has 0 aliphatic carbocycles. The predicted molar refractivity (Wildman–Crippen MR) is 23.2 cm³/mol. The first-order valence-electron chi connectivity index (χ1n) is 2.25. The van der Waals surface area contributed by atoms with Gasteiger partial charge in [-0.05, 0) is 6.08 Å². The lowest BCUT2D eigenvalue weighted by molar-refractivity contribution is -0.157. The van der Waals surface area contributed by atoms with Crippen molar-refractivity contribution < 1.29 is 18.0 Å². The smallest absolute Gasteiger partial charge is 0.410 e. The van der Waals surface area contributed by atoms with E-state index in [2.05, 4.69) is 4.84 Å². The maximum Gasteiger partial charge on any atom is 0.410 e. The van der Waals surface area contributed by atoms with Crippen molar-refractivity contribution in [3.05, 3.63) is 12.3 Å². The molecular formula is C4H4F3NO. The minimum Gasteiger partial charge on any atom is -0.416 e. The van der Waals surface area contributed by atoms with E-state index < -0.39 is 12.2 Å². The molecule has 0 bridgehead atoms. The lowest BCUT2D eigenvalue weighted by Crippen LogP contribution is -2.36. The molecule has 2 nitrogen and oxygen atoms in total. The fourth-order valence-corrected chi connectivity index (χ4v) is 0.446. The minimum absolute atomic E-state index is 0.903. The number of rotatable bonds is 0. The van der Waals surface area contributed by atoms with Crippen LogP contribution in [0.5, 0.6) is 0 Å². The summed E-state index contributed by atoms with van der Waals surface area (Å²) in [4.78, 5) is 4.13. The Morgan fingerprint density at radius 3 is 2.33 bits per heavy atom. The molecule has 0 aromatic carbocycles.